The third-order valence-electron chi connectivity index (χ3n) is 2.70. The van der Waals surface area contributed by atoms with E-state index < -0.39 is 5.97 Å². The molecule has 1 saturated heterocycles. The standard InChI is InChI=1S/C11H13NO2S/c13-11(14)10-7-9(1-4-12-10)8-2-5-15-6-3-8/h1,4,7-8H,2-3,5-6H2,(H,13,14). The average Bonchev–Trinajstić information content (AvgIpc) is 2.30. The molecule has 80 valence electrons. The number of aromatic nitrogens is 1. The Balaban J connectivity index is 2.19. The number of thioether (sulfide) groups is 1. The number of carboxylic acids is 1. The molecule has 3 nitrogen and oxygen atoms in total. The Morgan fingerprint density at radius 1 is 1.47 bits per heavy atom. The molecule has 0 amide bonds. The molecule has 0 atom stereocenters. The quantitative estimate of drug-likeness (QED) is 0.836. The first-order valence-electron chi connectivity index (χ1n) is 5.04. The van der Waals surface area contributed by atoms with E-state index in [1.165, 1.54) is 11.5 Å². The van der Waals surface area contributed by atoms with E-state index in [0.29, 0.717) is 5.92 Å². The summed E-state index contributed by atoms with van der Waals surface area (Å²) in [5.41, 5.74) is 1.29. The number of hydrogen-bond acceptors (Lipinski definition) is 3. The van der Waals surface area contributed by atoms with Gasteiger partial charge in [-0.15, -0.1) is 0 Å². The molecule has 2 heterocycles. The van der Waals surface area contributed by atoms with Gasteiger partial charge < -0.3 is 5.11 Å². The lowest BCUT2D eigenvalue weighted by Crippen LogP contribution is -2.09. The van der Waals surface area contributed by atoms with Crippen molar-refractivity contribution in [1.29, 1.82) is 0 Å². The van der Waals surface area contributed by atoms with Crippen molar-refractivity contribution in [3.05, 3.63) is 29.6 Å². The van der Waals surface area contributed by atoms with Crippen LogP contribution < -0.4 is 0 Å². The maximum atomic E-state index is 10.8. The largest absolute Gasteiger partial charge is 0.477 e. The van der Waals surface area contributed by atoms with Crippen LogP contribution in [0.2, 0.25) is 0 Å². The van der Waals surface area contributed by atoms with Crippen molar-refractivity contribution >= 4 is 17.7 Å². The van der Waals surface area contributed by atoms with Crippen molar-refractivity contribution in [1.82, 2.24) is 4.98 Å². The average molecular weight is 223 g/mol. The summed E-state index contributed by atoms with van der Waals surface area (Å²) < 4.78 is 0. The van der Waals surface area contributed by atoms with Gasteiger partial charge in [0.15, 0.2) is 0 Å². The van der Waals surface area contributed by atoms with E-state index in [2.05, 4.69) is 4.98 Å². The molecule has 0 radical (unpaired) electrons. The Bertz CT molecular complexity index is 361. The maximum absolute atomic E-state index is 10.8. The Kier molecular flexibility index (Phi) is 3.26. The van der Waals surface area contributed by atoms with Gasteiger partial charge in [-0.1, -0.05) is 0 Å². The number of nitrogens with zero attached hydrogens (tertiary/aromatic N) is 1. The van der Waals surface area contributed by atoms with Gasteiger partial charge in [0.25, 0.3) is 0 Å². The van der Waals surface area contributed by atoms with Gasteiger partial charge in [0, 0.05) is 6.20 Å². The van der Waals surface area contributed by atoms with Crippen LogP contribution in [-0.2, 0) is 0 Å². The molecule has 0 aliphatic carbocycles. The second kappa shape index (κ2) is 4.66. The lowest BCUT2D eigenvalue weighted by Gasteiger charge is -2.21. The molecular formula is C11H13NO2S. The van der Waals surface area contributed by atoms with Crippen LogP contribution >= 0.6 is 11.8 Å². The van der Waals surface area contributed by atoms with E-state index in [0.717, 1.165) is 18.4 Å². The van der Waals surface area contributed by atoms with Gasteiger partial charge >= 0.3 is 5.97 Å². The normalized spacial score (nSPS) is 17.6. The van der Waals surface area contributed by atoms with Gasteiger partial charge in [0.2, 0.25) is 0 Å². The molecule has 1 aromatic rings. The zero-order chi connectivity index (χ0) is 10.7. The third kappa shape index (κ3) is 2.50. The summed E-state index contributed by atoms with van der Waals surface area (Å²) in [5, 5.41) is 8.84. The van der Waals surface area contributed by atoms with Gasteiger partial charge in [-0.25, -0.2) is 9.78 Å². The maximum Gasteiger partial charge on any atom is 0.354 e. The second-order valence-corrected chi connectivity index (χ2v) is 4.89. The third-order valence-corrected chi connectivity index (χ3v) is 3.74. The van der Waals surface area contributed by atoms with Crippen LogP contribution in [0.4, 0.5) is 0 Å². The minimum atomic E-state index is -0.943. The lowest BCUT2D eigenvalue weighted by atomic mass is 9.94. The number of aromatic carboxylic acids is 1. The molecule has 0 spiro atoms. The number of carbonyl (C=O) groups is 1. The first kappa shape index (κ1) is 10.5. The molecule has 15 heavy (non-hydrogen) atoms. The zero-order valence-corrected chi connectivity index (χ0v) is 9.17. The predicted octanol–water partition coefficient (Wildman–Crippen LogP) is 2.39. The zero-order valence-electron chi connectivity index (χ0n) is 8.35. The van der Waals surface area contributed by atoms with Gasteiger partial charge in [-0.05, 0) is 48.0 Å². The minimum Gasteiger partial charge on any atom is -0.477 e. The fraction of sp³-hybridized carbons (Fsp3) is 0.455. The highest BCUT2D eigenvalue weighted by molar-refractivity contribution is 7.99. The van der Waals surface area contributed by atoms with Crippen LogP contribution in [-0.4, -0.2) is 27.6 Å². The van der Waals surface area contributed by atoms with Crippen LogP contribution in [0.15, 0.2) is 18.3 Å². The molecule has 1 fully saturated rings. The van der Waals surface area contributed by atoms with Crippen molar-refractivity contribution in [3.63, 3.8) is 0 Å². The Morgan fingerprint density at radius 2 is 2.20 bits per heavy atom. The van der Waals surface area contributed by atoms with Crippen LogP contribution in [0.5, 0.6) is 0 Å². The van der Waals surface area contributed by atoms with Crippen molar-refractivity contribution in [2.45, 2.75) is 18.8 Å². The lowest BCUT2D eigenvalue weighted by molar-refractivity contribution is 0.0690. The van der Waals surface area contributed by atoms with Crippen molar-refractivity contribution in [2.24, 2.45) is 0 Å². The highest BCUT2D eigenvalue weighted by Crippen LogP contribution is 2.31. The van der Waals surface area contributed by atoms with E-state index in [-0.39, 0.29) is 5.69 Å². The van der Waals surface area contributed by atoms with E-state index >= 15 is 0 Å². The van der Waals surface area contributed by atoms with Gasteiger partial charge in [-0.3, -0.25) is 0 Å². The summed E-state index contributed by atoms with van der Waals surface area (Å²) in [5.74, 6) is 1.93. The molecule has 0 bridgehead atoms. The molecule has 0 aromatic carbocycles. The summed E-state index contributed by atoms with van der Waals surface area (Å²) in [7, 11) is 0. The summed E-state index contributed by atoms with van der Waals surface area (Å²) in [4.78, 5) is 14.6. The second-order valence-electron chi connectivity index (χ2n) is 3.67. The first-order chi connectivity index (χ1) is 7.27. The highest BCUT2D eigenvalue weighted by Gasteiger charge is 2.17. The van der Waals surface area contributed by atoms with Gasteiger partial charge in [0.1, 0.15) is 5.69 Å². The smallest absolute Gasteiger partial charge is 0.354 e. The molecule has 1 N–H and O–H groups in total. The molecule has 4 heteroatoms. The molecule has 1 aromatic heterocycles. The molecular weight excluding hydrogens is 210 g/mol. The SMILES string of the molecule is O=C(O)c1cc(C2CCSCC2)ccn1. The van der Waals surface area contributed by atoms with Crippen LogP contribution in [0.1, 0.15) is 34.8 Å². The monoisotopic (exact) mass is 223 g/mol. The van der Waals surface area contributed by atoms with Crippen molar-refractivity contribution < 1.29 is 9.90 Å². The van der Waals surface area contributed by atoms with E-state index in [1.54, 1.807) is 12.3 Å². The Hall–Kier alpha value is -1.03. The number of rotatable bonds is 2. The van der Waals surface area contributed by atoms with E-state index in [1.807, 2.05) is 17.8 Å². The number of pyridine rings is 1. The number of carboxylic acid groups (broad SMARTS) is 1. The molecule has 1 aliphatic heterocycles. The van der Waals surface area contributed by atoms with Crippen LogP contribution in [0, 0.1) is 0 Å². The minimum absolute atomic E-state index is 0.158. The highest BCUT2D eigenvalue weighted by atomic mass is 32.2. The summed E-state index contributed by atoms with van der Waals surface area (Å²) in [6.07, 6.45) is 3.89. The van der Waals surface area contributed by atoms with E-state index in [9.17, 15) is 4.79 Å². The summed E-state index contributed by atoms with van der Waals surface area (Å²) in [6.45, 7) is 0. The predicted molar refractivity (Wildman–Crippen MR) is 60.5 cm³/mol. The molecule has 0 unspecified atom stereocenters. The Morgan fingerprint density at radius 3 is 2.87 bits per heavy atom. The molecule has 0 saturated carbocycles. The fourth-order valence-corrected chi connectivity index (χ4v) is 2.96. The van der Waals surface area contributed by atoms with Gasteiger partial charge in [-0.2, -0.15) is 11.8 Å². The topological polar surface area (TPSA) is 50.2 Å². The number of hydrogen-bond donors (Lipinski definition) is 1. The van der Waals surface area contributed by atoms with E-state index in [4.69, 9.17) is 5.11 Å². The van der Waals surface area contributed by atoms with Gasteiger partial charge in [0.05, 0.1) is 0 Å². The van der Waals surface area contributed by atoms with Crippen LogP contribution in [0.3, 0.4) is 0 Å². The van der Waals surface area contributed by atoms with Crippen molar-refractivity contribution in [2.75, 3.05) is 11.5 Å². The van der Waals surface area contributed by atoms with Crippen molar-refractivity contribution in [3.8, 4) is 0 Å². The summed E-state index contributed by atoms with van der Waals surface area (Å²) in [6, 6.07) is 3.65. The van der Waals surface area contributed by atoms with Crippen LogP contribution in [0.25, 0.3) is 0 Å². The molecule has 2 rings (SSSR count). The Labute approximate surface area is 92.9 Å². The fourth-order valence-electron chi connectivity index (χ4n) is 1.85. The molecule has 1 aliphatic rings. The first-order valence-corrected chi connectivity index (χ1v) is 6.20. The summed E-state index contributed by atoms with van der Waals surface area (Å²) >= 11 is 1.97.